The first-order valence-corrected chi connectivity index (χ1v) is 5.34. The molecule has 3 nitrogen and oxygen atoms in total. The van der Waals surface area contributed by atoms with Gasteiger partial charge in [-0.1, -0.05) is 20.3 Å². The molecule has 14 heavy (non-hydrogen) atoms. The first-order valence-electron chi connectivity index (χ1n) is 5.34. The molecule has 1 heterocycles. The molecule has 78 valence electrons. The van der Waals surface area contributed by atoms with Crippen molar-refractivity contribution in [3.05, 3.63) is 18.1 Å². The molecule has 0 aliphatic carbocycles. The van der Waals surface area contributed by atoms with Crippen molar-refractivity contribution in [2.75, 3.05) is 11.9 Å². The van der Waals surface area contributed by atoms with E-state index in [1.165, 1.54) is 6.42 Å². The Balaban J connectivity index is 2.82. The Kier molecular flexibility index (Phi) is 4.36. The Labute approximate surface area is 86.0 Å². The van der Waals surface area contributed by atoms with Gasteiger partial charge in [-0.2, -0.15) is 0 Å². The third kappa shape index (κ3) is 2.69. The first-order chi connectivity index (χ1) is 6.79. The standard InChI is InChI=1S/C11H19N3/c1-4-6-9(3)10-11(12-5-2)14-8-7-13-10/h7-9H,4-6H2,1-3H3,(H,12,14). The number of nitrogens with zero attached hydrogens (tertiary/aromatic N) is 2. The molecule has 1 unspecified atom stereocenters. The van der Waals surface area contributed by atoms with Crippen LogP contribution in [0.4, 0.5) is 5.82 Å². The summed E-state index contributed by atoms with van der Waals surface area (Å²) in [6.07, 6.45) is 5.85. The highest BCUT2D eigenvalue weighted by molar-refractivity contribution is 5.41. The normalized spacial score (nSPS) is 12.5. The summed E-state index contributed by atoms with van der Waals surface area (Å²) in [7, 11) is 0. The van der Waals surface area contributed by atoms with Crippen molar-refractivity contribution in [3.8, 4) is 0 Å². The Morgan fingerprint density at radius 1 is 1.29 bits per heavy atom. The third-order valence-electron chi connectivity index (χ3n) is 2.26. The van der Waals surface area contributed by atoms with Crippen molar-refractivity contribution < 1.29 is 0 Å². The van der Waals surface area contributed by atoms with E-state index in [2.05, 4.69) is 36.1 Å². The molecule has 0 saturated carbocycles. The van der Waals surface area contributed by atoms with E-state index in [9.17, 15) is 0 Å². The van der Waals surface area contributed by atoms with Crippen LogP contribution in [-0.2, 0) is 0 Å². The minimum atomic E-state index is 0.489. The molecule has 1 aromatic rings. The molecule has 1 N–H and O–H groups in total. The van der Waals surface area contributed by atoms with Gasteiger partial charge in [0.25, 0.3) is 0 Å². The van der Waals surface area contributed by atoms with E-state index >= 15 is 0 Å². The number of hydrogen-bond donors (Lipinski definition) is 1. The highest BCUT2D eigenvalue weighted by Gasteiger charge is 2.11. The smallest absolute Gasteiger partial charge is 0.147 e. The van der Waals surface area contributed by atoms with Crippen LogP contribution >= 0.6 is 0 Å². The summed E-state index contributed by atoms with van der Waals surface area (Å²) in [4.78, 5) is 8.69. The zero-order valence-corrected chi connectivity index (χ0v) is 9.25. The molecule has 0 aliphatic rings. The van der Waals surface area contributed by atoms with Crippen LogP contribution in [0.25, 0.3) is 0 Å². The summed E-state index contributed by atoms with van der Waals surface area (Å²) in [6.45, 7) is 7.36. The Bertz CT molecular complexity index is 273. The van der Waals surface area contributed by atoms with E-state index in [1.807, 2.05) is 0 Å². The van der Waals surface area contributed by atoms with Crippen LogP contribution in [-0.4, -0.2) is 16.5 Å². The molecule has 1 atom stereocenters. The van der Waals surface area contributed by atoms with Gasteiger partial charge in [-0.05, 0) is 13.3 Å². The highest BCUT2D eigenvalue weighted by atomic mass is 15.0. The number of anilines is 1. The van der Waals surface area contributed by atoms with Gasteiger partial charge in [0.2, 0.25) is 0 Å². The second-order valence-electron chi connectivity index (χ2n) is 3.51. The van der Waals surface area contributed by atoms with Crippen LogP contribution in [0.3, 0.4) is 0 Å². The molecule has 0 spiro atoms. The summed E-state index contributed by atoms with van der Waals surface area (Å²) < 4.78 is 0. The van der Waals surface area contributed by atoms with Crippen molar-refractivity contribution in [1.29, 1.82) is 0 Å². The minimum absolute atomic E-state index is 0.489. The Morgan fingerprint density at radius 3 is 2.64 bits per heavy atom. The lowest BCUT2D eigenvalue weighted by Crippen LogP contribution is -2.07. The summed E-state index contributed by atoms with van der Waals surface area (Å²) in [6, 6.07) is 0. The predicted molar refractivity (Wildman–Crippen MR) is 59.5 cm³/mol. The van der Waals surface area contributed by atoms with Crippen LogP contribution in [0.5, 0.6) is 0 Å². The fraction of sp³-hybridized carbons (Fsp3) is 0.636. The van der Waals surface area contributed by atoms with Crippen LogP contribution in [0.15, 0.2) is 12.4 Å². The highest BCUT2D eigenvalue weighted by Crippen LogP contribution is 2.23. The monoisotopic (exact) mass is 193 g/mol. The second kappa shape index (κ2) is 5.58. The second-order valence-corrected chi connectivity index (χ2v) is 3.51. The van der Waals surface area contributed by atoms with Crippen molar-refractivity contribution >= 4 is 5.82 Å². The number of nitrogens with one attached hydrogen (secondary N) is 1. The van der Waals surface area contributed by atoms with Gasteiger partial charge in [0, 0.05) is 24.9 Å². The zero-order chi connectivity index (χ0) is 10.4. The minimum Gasteiger partial charge on any atom is -0.369 e. The maximum Gasteiger partial charge on any atom is 0.147 e. The average Bonchev–Trinajstić information content (AvgIpc) is 2.19. The fourth-order valence-corrected chi connectivity index (χ4v) is 1.58. The van der Waals surface area contributed by atoms with Gasteiger partial charge in [-0.25, -0.2) is 4.98 Å². The van der Waals surface area contributed by atoms with Crippen LogP contribution < -0.4 is 5.32 Å². The van der Waals surface area contributed by atoms with Crippen molar-refractivity contribution in [3.63, 3.8) is 0 Å². The van der Waals surface area contributed by atoms with Crippen LogP contribution in [0, 0.1) is 0 Å². The molecule has 3 heteroatoms. The van der Waals surface area contributed by atoms with Gasteiger partial charge in [0.15, 0.2) is 0 Å². The predicted octanol–water partition coefficient (Wildman–Crippen LogP) is 2.81. The summed E-state index contributed by atoms with van der Waals surface area (Å²) in [5.41, 5.74) is 1.09. The lowest BCUT2D eigenvalue weighted by molar-refractivity contribution is 0.645. The van der Waals surface area contributed by atoms with Gasteiger partial charge in [-0.3, -0.25) is 4.98 Å². The van der Waals surface area contributed by atoms with Gasteiger partial charge in [0.05, 0.1) is 5.69 Å². The molecular weight excluding hydrogens is 174 g/mol. The van der Waals surface area contributed by atoms with Gasteiger partial charge < -0.3 is 5.32 Å². The number of rotatable bonds is 5. The third-order valence-corrected chi connectivity index (χ3v) is 2.26. The van der Waals surface area contributed by atoms with Crippen molar-refractivity contribution in [1.82, 2.24) is 9.97 Å². The molecule has 0 bridgehead atoms. The summed E-state index contributed by atoms with van der Waals surface area (Å²) in [5, 5.41) is 3.24. The largest absolute Gasteiger partial charge is 0.369 e. The molecule has 1 aromatic heterocycles. The fourth-order valence-electron chi connectivity index (χ4n) is 1.58. The lowest BCUT2D eigenvalue weighted by Gasteiger charge is -2.13. The Morgan fingerprint density at radius 2 is 2.00 bits per heavy atom. The zero-order valence-electron chi connectivity index (χ0n) is 9.25. The molecule has 0 aromatic carbocycles. The molecule has 0 saturated heterocycles. The van der Waals surface area contributed by atoms with E-state index in [0.717, 1.165) is 24.5 Å². The Hall–Kier alpha value is -1.12. The molecule has 0 aliphatic heterocycles. The van der Waals surface area contributed by atoms with Gasteiger partial charge in [-0.15, -0.1) is 0 Å². The summed E-state index contributed by atoms with van der Waals surface area (Å²) in [5.74, 6) is 1.43. The van der Waals surface area contributed by atoms with Crippen LogP contribution in [0.1, 0.15) is 45.2 Å². The lowest BCUT2D eigenvalue weighted by atomic mass is 10.0. The van der Waals surface area contributed by atoms with E-state index in [1.54, 1.807) is 12.4 Å². The van der Waals surface area contributed by atoms with Crippen LogP contribution in [0.2, 0.25) is 0 Å². The maximum absolute atomic E-state index is 4.39. The van der Waals surface area contributed by atoms with E-state index < -0.39 is 0 Å². The number of hydrogen-bond acceptors (Lipinski definition) is 3. The van der Waals surface area contributed by atoms with Gasteiger partial charge >= 0.3 is 0 Å². The van der Waals surface area contributed by atoms with Gasteiger partial charge in [0.1, 0.15) is 5.82 Å². The molecule has 1 rings (SSSR count). The SMILES string of the molecule is CCCC(C)c1nccnc1NCC. The maximum atomic E-state index is 4.39. The van der Waals surface area contributed by atoms with E-state index in [0.29, 0.717) is 5.92 Å². The quantitative estimate of drug-likeness (QED) is 0.781. The van der Waals surface area contributed by atoms with Crippen molar-refractivity contribution in [2.45, 2.75) is 39.5 Å². The first kappa shape index (κ1) is 11.0. The van der Waals surface area contributed by atoms with E-state index in [-0.39, 0.29) is 0 Å². The van der Waals surface area contributed by atoms with Crippen molar-refractivity contribution in [2.24, 2.45) is 0 Å². The topological polar surface area (TPSA) is 37.8 Å². The molecule has 0 fully saturated rings. The average molecular weight is 193 g/mol. The molecular formula is C11H19N3. The molecule has 0 amide bonds. The molecule has 0 radical (unpaired) electrons. The summed E-state index contributed by atoms with van der Waals surface area (Å²) >= 11 is 0. The number of aromatic nitrogens is 2. The van der Waals surface area contributed by atoms with E-state index in [4.69, 9.17) is 0 Å².